The Bertz CT molecular complexity index is 2100. The minimum atomic E-state index is -0.474. The monoisotopic (exact) mass is 533 g/mol. The average Bonchev–Trinajstić information content (AvgIpc) is 3.36. The van der Waals surface area contributed by atoms with Gasteiger partial charge in [0.15, 0.2) is 0 Å². The molecule has 1 spiro atoms. The largest absolute Gasteiger partial charge is 0.310 e. The Balaban J connectivity index is 1.47. The lowest BCUT2D eigenvalue weighted by Crippen LogP contribution is -2.36. The van der Waals surface area contributed by atoms with Crippen LogP contribution >= 0.6 is 0 Å². The summed E-state index contributed by atoms with van der Waals surface area (Å²) >= 11 is 0. The fourth-order valence-corrected chi connectivity index (χ4v) is 7.71. The van der Waals surface area contributed by atoms with E-state index in [4.69, 9.17) is 0 Å². The van der Waals surface area contributed by atoms with E-state index in [1.807, 2.05) is 0 Å². The summed E-state index contributed by atoms with van der Waals surface area (Å²) in [5, 5.41) is 2.54. The van der Waals surface area contributed by atoms with Crippen molar-refractivity contribution in [3.8, 4) is 22.3 Å². The van der Waals surface area contributed by atoms with Crippen molar-refractivity contribution in [3.63, 3.8) is 0 Å². The molecule has 196 valence electrons. The minimum absolute atomic E-state index is 0.474. The molecular weight excluding hydrogens is 506 g/mol. The fourth-order valence-electron chi connectivity index (χ4n) is 7.71. The molecule has 0 saturated heterocycles. The summed E-state index contributed by atoms with van der Waals surface area (Å²) in [6.45, 7) is 0. The summed E-state index contributed by atoms with van der Waals surface area (Å²) in [6.07, 6.45) is 0. The molecule has 0 bridgehead atoms. The Kier molecular flexibility index (Phi) is 4.88. The summed E-state index contributed by atoms with van der Waals surface area (Å²) < 4.78 is 0. The molecule has 2 aliphatic rings. The maximum absolute atomic E-state index is 2.44. The number of anilines is 3. The molecule has 9 rings (SSSR count). The van der Waals surface area contributed by atoms with Crippen molar-refractivity contribution in [3.05, 3.63) is 186 Å². The van der Waals surface area contributed by atoms with Crippen molar-refractivity contribution >= 4 is 27.8 Å². The van der Waals surface area contributed by atoms with Crippen LogP contribution in [0.1, 0.15) is 22.3 Å². The van der Waals surface area contributed by atoms with Crippen LogP contribution in [0.2, 0.25) is 0 Å². The smallest absolute Gasteiger partial charge is 0.0760 e. The van der Waals surface area contributed by atoms with Gasteiger partial charge in [0.2, 0.25) is 0 Å². The molecule has 0 amide bonds. The maximum Gasteiger partial charge on any atom is 0.0760 e. The van der Waals surface area contributed by atoms with Crippen molar-refractivity contribution in [2.45, 2.75) is 5.41 Å². The normalized spacial score (nSPS) is 13.9. The van der Waals surface area contributed by atoms with Crippen molar-refractivity contribution in [2.24, 2.45) is 0 Å². The first-order chi connectivity index (χ1) is 20.9. The Morgan fingerprint density at radius 1 is 0.357 bits per heavy atom. The van der Waals surface area contributed by atoms with Gasteiger partial charge in [-0.1, -0.05) is 140 Å². The lowest BCUT2D eigenvalue weighted by molar-refractivity contribution is 0.754. The van der Waals surface area contributed by atoms with E-state index in [9.17, 15) is 0 Å². The third-order valence-electron chi connectivity index (χ3n) is 9.25. The van der Waals surface area contributed by atoms with Crippen LogP contribution < -0.4 is 4.90 Å². The molecule has 0 unspecified atom stereocenters. The fraction of sp³-hybridized carbons (Fsp3) is 0.0244. The van der Waals surface area contributed by atoms with Gasteiger partial charge in [0.25, 0.3) is 0 Å². The molecule has 1 nitrogen and oxygen atoms in total. The zero-order valence-electron chi connectivity index (χ0n) is 23.0. The SMILES string of the molecule is c1ccc(N2c3ccccc3C3(c4ccccc4-c4cccc(-c5cccc6ccccc56)c43)c3ccccc32)cc1. The highest BCUT2D eigenvalue weighted by atomic mass is 15.2. The van der Waals surface area contributed by atoms with E-state index in [0.29, 0.717) is 0 Å². The van der Waals surface area contributed by atoms with Crippen LogP contribution in [-0.4, -0.2) is 0 Å². The van der Waals surface area contributed by atoms with Crippen LogP contribution in [0.3, 0.4) is 0 Å². The van der Waals surface area contributed by atoms with E-state index in [1.54, 1.807) is 0 Å². The van der Waals surface area contributed by atoms with Gasteiger partial charge in [0, 0.05) is 5.69 Å². The molecule has 7 aromatic rings. The van der Waals surface area contributed by atoms with Crippen molar-refractivity contribution < 1.29 is 0 Å². The summed E-state index contributed by atoms with van der Waals surface area (Å²) in [5.74, 6) is 0. The van der Waals surface area contributed by atoms with Crippen LogP contribution in [0.4, 0.5) is 17.1 Å². The van der Waals surface area contributed by atoms with Crippen LogP contribution in [0.5, 0.6) is 0 Å². The first-order valence-corrected chi connectivity index (χ1v) is 14.6. The first-order valence-electron chi connectivity index (χ1n) is 14.6. The molecule has 1 heterocycles. The number of rotatable bonds is 2. The zero-order valence-corrected chi connectivity index (χ0v) is 23.0. The molecule has 0 atom stereocenters. The van der Waals surface area contributed by atoms with Gasteiger partial charge in [0.05, 0.1) is 16.8 Å². The number of fused-ring (bicyclic) bond motifs is 10. The number of hydrogen-bond acceptors (Lipinski definition) is 1. The minimum Gasteiger partial charge on any atom is -0.310 e. The maximum atomic E-state index is 2.44. The number of nitrogens with zero attached hydrogens (tertiary/aromatic N) is 1. The van der Waals surface area contributed by atoms with Gasteiger partial charge in [-0.25, -0.2) is 0 Å². The molecule has 0 fully saturated rings. The van der Waals surface area contributed by atoms with Crippen molar-refractivity contribution in [2.75, 3.05) is 4.90 Å². The average molecular weight is 534 g/mol. The lowest BCUT2D eigenvalue weighted by Gasteiger charge is -2.45. The summed E-state index contributed by atoms with van der Waals surface area (Å²) in [5.41, 5.74) is 13.7. The summed E-state index contributed by atoms with van der Waals surface area (Å²) in [4.78, 5) is 2.44. The Morgan fingerprint density at radius 2 is 0.857 bits per heavy atom. The third-order valence-corrected chi connectivity index (χ3v) is 9.25. The van der Waals surface area contributed by atoms with Crippen LogP contribution in [0.15, 0.2) is 164 Å². The second kappa shape index (κ2) is 8.80. The molecular formula is C41H27N. The van der Waals surface area contributed by atoms with E-state index in [0.717, 1.165) is 0 Å². The highest BCUT2D eigenvalue weighted by molar-refractivity contribution is 6.03. The number of hydrogen-bond donors (Lipinski definition) is 0. The summed E-state index contributed by atoms with van der Waals surface area (Å²) in [7, 11) is 0. The van der Waals surface area contributed by atoms with Gasteiger partial charge in [-0.3, -0.25) is 0 Å². The van der Waals surface area contributed by atoms with Crippen LogP contribution in [-0.2, 0) is 5.41 Å². The highest BCUT2D eigenvalue weighted by Crippen LogP contribution is 2.65. The molecule has 7 aromatic carbocycles. The predicted molar refractivity (Wildman–Crippen MR) is 175 cm³/mol. The molecule has 0 radical (unpaired) electrons. The molecule has 1 aliphatic carbocycles. The Labute approximate surface area is 246 Å². The topological polar surface area (TPSA) is 3.24 Å². The standard InChI is InChI=1S/C41H27N/c1-2-16-29(17-3-1)42-38-26-10-8-24-36(38)41(37-25-9-11-27-39(37)42)35-23-7-6-19-32(35)34-22-13-21-33(40(34)41)31-20-12-15-28-14-4-5-18-30(28)31/h1-27H. The molecule has 1 heteroatoms. The van der Waals surface area contributed by atoms with E-state index in [-0.39, 0.29) is 0 Å². The van der Waals surface area contributed by atoms with Crippen molar-refractivity contribution in [1.29, 1.82) is 0 Å². The van der Waals surface area contributed by atoms with E-state index in [2.05, 4.69) is 169 Å². The number of benzene rings is 7. The Morgan fingerprint density at radius 3 is 1.62 bits per heavy atom. The van der Waals surface area contributed by atoms with Gasteiger partial charge in [0.1, 0.15) is 0 Å². The van der Waals surface area contributed by atoms with E-state index >= 15 is 0 Å². The molecule has 42 heavy (non-hydrogen) atoms. The van der Waals surface area contributed by atoms with Crippen molar-refractivity contribution in [1.82, 2.24) is 0 Å². The van der Waals surface area contributed by atoms with Gasteiger partial charge in [-0.2, -0.15) is 0 Å². The molecule has 0 N–H and O–H groups in total. The second-order valence-electron chi connectivity index (χ2n) is 11.3. The predicted octanol–water partition coefficient (Wildman–Crippen LogP) is 10.7. The Hall–Kier alpha value is -5.40. The van der Waals surface area contributed by atoms with E-state index < -0.39 is 5.41 Å². The molecule has 1 aliphatic heterocycles. The quantitative estimate of drug-likeness (QED) is 0.214. The third kappa shape index (κ3) is 2.97. The molecule has 0 aromatic heterocycles. The van der Waals surface area contributed by atoms with Crippen LogP contribution in [0, 0.1) is 0 Å². The lowest BCUT2D eigenvalue weighted by atomic mass is 9.63. The van der Waals surface area contributed by atoms with E-state index in [1.165, 1.54) is 72.3 Å². The molecule has 0 saturated carbocycles. The van der Waals surface area contributed by atoms with Gasteiger partial charge in [-0.05, 0) is 79.5 Å². The second-order valence-corrected chi connectivity index (χ2v) is 11.3. The zero-order chi connectivity index (χ0) is 27.7. The van der Waals surface area contributed by atoms with Gasteiger partial charge in [-0.15, -0.1) is 0 Å². The first kappa shape index (κ1) is 23.3. The van der Waals surface area contributed by atoms with Gasteiger partial charge >= 0.3 is 0 Å². The highest BCUT2D eigenvalue weighted by Gasteiger charge is 2.52. The number of para-hydroxylation sites is 3. The van der Waals surface area contributed by atoms with Crippen LogP contribution in [0.25, 0.3) is 33.0 Å². The summed E-state index contributed by atoms with van der Waals surface area (Å²) in [6, 6.07) is 60.3. The van der Waals surface area contributed by atoms with Gasteiger partial charge < -0.3 is 4.90 Å².